The monoisotopic (exact) mass is 566 g/mol. The van der Waals surface area contributed by atoms with E-state index in [1.165, 1.54) is 7.11 Å². The van der Waals surface area contributed by atoms with Crippen molar-refractivity contribution in [2.75, 3.05) is 7.11 Å². The highest BCUT2D eigenvalue weighted by molar-refractivity contribution is 6.22. The van der Waals surface area contributed by atoms with Gasteiger partial charge in [-0.25, -0.2) is 19.8 Å². The van der Waals surface area contributed by atoms with Crippen LogP contribution in [0.15, 0.2) is 106 Å². The van der Waals surface area contributed by atoms with Gasteiger partial charge in [0.1, 0.15) is 5.76 Å². The number of esters is 1. The molecular weight excluding hydrogens is 532 g/mol. The van der Waals surface area contributed by atoms with Crippen LogP contribution in [0.25, 0.3) is 0 Å². The lowest BCUT2D eigenvalue weighted by Crippen LogP contribution is -2.16. The molecule has 9 nitrogen and oxygen atoms in total. The number of carboxylic acids is 1. The fraction of sp³-hybridized carbons (Fsp3) is 0.364. The molecule has 0 aromatic rings. The number of hydrogen-bond acceptors (Lipinski definition) is 8. The highest BCUT2D eigenvalue weighted by Crippen LogP contribution is 2.46. The van der Waals surface area contributed by atoms with E-state index in [-0.39, 0.29) is 35.6 Å². The molecule has 5 heterocycles. The zero-order valence-electron chi connectivity index (χ0n) is 24.7. The van der Waals surface area contributed by atoms with Crippen LogP contribution >= 0.6 is 0 Å². The Kier molecular flexibility index (Phi) is 6.63. The Morgan fingerprint density at radius 3 is 2.43 bits per heavy atom. The van der Waals surface area contributed by atoms with Gasteiger partial charge in [0.15, 0.2) is 0 Å². The molecule has 1 saturated heterocycles. The quantitative estimate of drug-likeness (QED) is 0.366. The molecule has 0 unspecified atom stereocenters. The summed E-state index contributed by atoms with van der Waals surface area (Å²) in [6, 6.07) is 0. The number of methoxy groups -OCH3 is 1. The summed E-state index contributed by atoms with van der Waals surface area (Å²) in [4.78, 5) is 39.2. The minimum absolute atomic E-state index is 0.0312. The van der Waals surface area contributed by atoms with E-state index in [1.54, 1.807) is 13.0 Å². The summed E-state index contributed by atoms with van der Waals surface area (Å²) in [5.41, 5.74) is 10.8. The lowest BCUT2D eigenvalue weighted by Gasteiger charge is -2.17. The Labute approximate surface area is 244 Å². The molecule has 216 valence electrons. The van der Waals surface area contributed by atoms with Crippen molar-refractivity contribution in [3.8, 4) is 0 Å². The molecule has 9 heteroatoms. The smallest absolute Gasteiger partial charge is 0.338 e. The Hall–Kier alpha value is -4.53. The van der Waals surface area contributed by atoms with E-state index in [9.17, 15) is 19.8 Å². The van der Waals surface area contributed by atoms with E-state index in [4.69, 9.17) is 19.7 Å². The molecule has 0 spiro atoms. The molecule has 6 rings (SSSR count). The number of carboxylic acid groups (broad SMARTS) is 1. The number of hydrogen-bond donors (Lipinski definition) is 3. The lowest BCUT2D eigenvalue weighted by atomic mass is 9.86. The lowest BCUT2D eigenvalue weighted by molar-refractivity contribution is -0.141. The van der Waals surface area contributed by atoms with Gasteiger partial charge in [0, 0.05) is 47.2 Å². The summed E-state index contributed by atoms with van der Waals surface area (Å²) in [5.74, 6) is -1.09. The number of aliphatic hydroxyl groups excluding tert-OH is 1. The van der Waals surface area contributed by atoms with Gasteiger partial charge in [0.2, 0.25) is 0 Å². The van der Waals surface area contributed by atoms with Crippen molar-refractivity contribution in [2.24, 2.45) is 26.8 Å². The average Bonchev–Trinajstić information content (AvgIpc) is 3.70. The van der Waals surface area contributed by atoms with Crippen LogP contribution in [-0.2, 0) is 14.3 Å². The standard InChI is InChI=1S/C33H34N4O5/c1-7-18-14(2)21-11-22-15(3)19(8-9-28(39)42-6)31(36-22)20-10-27(38)30-17(5)24(37-32(20)30)13-26-29(33(40)41)16(4)23(35-26)12-25(18)34-21/h11-13,15,19,36,38H,7-10H2,1-6H3,(H,40,41)/t15-,19-/m0/s1. The van der Waals surface area contributed by atoms with Crippen LogP contribution < -0.4 is 5.32 Å². The van der Waals surface area contributed by atoms with E-state index < -0.39 is 5.97 Å². The maximum atomic E-state index is 12.4. The Morgan fingerprint density at radius 2 is 1.74 bits per heavy atom. The first-order valence-corrected chi connectivity index (χ1v) is 14.3. The van der Waals surface area contributed by atoms with Crippen LogP contribution in [0.5, 0.6) is 0 Å². The van der Waals surface area contributed by atoms with Gasteiger partial charge in [0.25, 0.3) is 0 Å². The molecule has 1 aliphatic carbocycles. The predicted octanol–water partition coefficient (Wildman–Crippen LogP) is 5.70. The maximum absolute atomic E-state index is 12.4. The largest absolute Gasteiger partial charge is 0.511 e. The van der Waals surface area contributed by atoms with Crippen LogP contribution in [0.2, 0.25) is 0 Å². The van der Waals surface area contributed by atoms with Gasteiger partial charge >= 0.3 is 11.9 Å². The van der Waals surface area contributed by atoms with Crippen LogP contribution in [0.4, 0.5) is 0 Å². The normalized spacial score (nSPS) is 24.6. The topological polar surface area (TPSA) is 133 Å². The second kappa shape index (κ2) is 10.1. The van der Waals surface area contributed by atoms with Gasteiger partial charge in [-0.1, -0.05) is 13.8 Å². The average molecular weight is 567 g/mol. The number of nitrogens with zero attached hydrogens (tertiary/aromatic N) is 3. The summed E-state index contributed by atoms with van der Waals surface area (Å²) in [6.45, 7) is 9.93. The van der Waals surface area contributed by atoms with Crippen molar-refractivity contribution in [1.29, 1.82) is 0 Å². The van der Waals surface area contributed by atoms with E-state index in [2.05, 4.69) is 32.2 Å². The molecule has 42 heavy (non-hydrogen) atoms. The first kappa shape index (κ1) is 27.6. The molecule has 0 aromatic heterocycles. The molecular formula is C33H34N4O5. The SMILES string of the molecule is CCC1=C(C)C2=NC1=CC1=NC(=CC3=C(C)C4=C(O)CC(=C5NC(=C2)[C@@H](C)[C@@H]5CCC(=O)OC)C4=N3)C(C(=O)O)=C1C. The first-order valence-electron chi connectivity index (χ1n) is 14.3. The number of allylic oxidation sites excluding steroid dienone is 11. The van der Waals surface area contributed by atoms with Gasteiger partial charge in [0.05, 0.1) is 46.9 Å². The molecule has 5 aliphatic heterocycles. The second-order valence-electron chi connectivity index (χ2n) is 11.4. The zero-order chi connectivity index (χ0) is 30.0. The minimum atomic E-state index is -1.06. The molecule has 3 N–H and O–H groups in total. The molecule has 8 bridgehead atoms. The fourth-order valence-corrected chi connectivity index (χ4v) is 6.75. The van der Waals surface area contributed by atoms with Gasteiger partial charge in [-0.15, -0.1) is 0 Å². The van der Waals surface area contributed by atoms with Gasteiger partial charge < -0.3 is 20.3 Å². The predicted molar refractivity (Wildman–Crippen MR) is 161 cm³/mol. The first-order chi connectivity index (χ1) is 20.0. The Morgan fingerprint density at radius 1 is 1.02 bits per heavy atom. The number of nitrogens with one attached hydrogen (secondary N) is 1. The van der Waals surface area contributed by atoms with E-state index in [0.29, 0.717) is 46.8 Å². The van der Waals surface area contributed by atoms with Gasteiger partial charge in [-0.05, 0) is 74.1 Å². The van der Waals surface area contributed by atoms with Crippen LogP contribution in [-0.4, -0.2) is 46.4 Å². The van der Waals surface area contributed by atoms with Crippen LogP contribution in [0.1, 0.15) is 60.3 Å². The van der Waals surface area contributed by atoms with E-state index in [1.807, 2.05) is 13.0 Å². The Bertz CT molecular complexity index is 1730. The summed E-state index contributed by atoms with van der Waals surface area (Å²) in [5, 5.41) is 24.9. The fourth-order valence-electron chi connectivity index (χ4n) is 6.75. The number of aliphatic imine (C=N–C) groups is 3. The molecule has 1 fully saturated rings. The van der Waals surface area contributed by atoms with E-state index >= 15 is 0 Å². The Balaban J connectivity index is 1.61. The second-order valence-corrected chi connectivity index (χ2v) is 11.4. The van der Waals surface area contributed by atoms with Gasteiger partial charge in [-0.3, -0.25) is 4.79 Å². The number of aliphatic carboxylic acids is 1. The van der Waals surface area contributed by atoms with Crippen molar-refractivity contribution in [3.05, 3.63) is 91.5 Å². The number of carbonyl (C=O) groups is 2. The van der Waals surface area contributed by atoms with Crippen molar-refractivity contribution >= 4 is 29.1 Å². The van der Waals surface area contributed by atoms with E-state index in [0.717, 1.165) is 51.5 Å². The molecule has 6 aliphatic rings. The van der Waals surface area contributed by atoms with Crippen molar-refractivity contribution in [3.63, 3.8) is 0 Å². The number of carbonyl (C=O) groups excluding carboxylic acids is 1. The number of fused-ring (bicyclic) bond motifs is 5. The summed E-state index contributed by atoms with van der Waals surface area (Å²) in [6.07, 6.45) is 7.56. The molecule has 2 atom stereocenters. The zero-order valence-corrected chi connectivity index (χ0v) is 24.7. The van der Waals surface area contributed by atoms with Crippen molar-refractivity contribution < 1.29 is 24.5 Å². The number of ether oxygens (including phenoxy) is 1. The van der Waals surface area contributed by atoms with Crippen molar-refractivity contribution in [1.82, 2.24) is 5.32 Å². The third-order valence-corrected chi connectivity index (χ3v) is 9.15. The highest BCUT2D eigenvalue weighted by atomic mass is 16.5. The molecule has 0 amide bonds. The third kappa shape index (κ3) is 4.18. The number of rotatable bonds is 5. The van der Waals surface area contributed by atoms with Crippen LogP contribution in [0, 0.1) is 11.8 Å². The van der Waals surface area contributed by atoms with Crippen molar-refractivity contribution in [2.45, 2.75) is 60.3 Å². The number of aliphatic hydroxyl groups is 1. The molecule has 0 saturated carbocycles. The summed E-state index contributed by atoms with van der Waals surface area (Å²) >= 11 is 0. The summed E-state index contributed by atoms with van der Waals surface area (Å²) in [7, 11) is 1.40. The minimum Gasteiger partial charge on any atom is -0.511 e. The van der Waals surface area contributed by atoms with Crippen LogP contribution in [0.3, 0.4) is 0 Å². The third-order valence-electron chi connectivity index (χ3n) is 9.15. The summed E-state index contributed by atoms with van der Waals surface area (Å²) < 4.78 is 4.94. The highest BCUT2D eigenvalue weighted by Gasteiger charge is 2.41. The molecule has 0 aromatic carbocycles. The maximum Gasteiger partial charge on any atom is 0.338 e. The molecule has 0 radical (unpaired) electrons. The van der Waals surface area contributed by atoms with Gasteiger partial charge in [-0.2, -0.15) is 0 Å².